The first-order valence-electron chi connectivity index (χ1n) is 13.8. The molecule has 0 amide bonds. The molecule has 8 atom stereocenters. The van der Waals surface area contributed by atoms with E-state index in [4.69, 9.17) is 27.2 Å². The fourth-order valence-electron chi connectivity index (χ4n) is 8.96. The highest BCUT2D eigenvalue weighted by Gasteiger charge is 2.59. The monoisotopic (exact) mass is 530 g/mol. The molecule has 3 nitrogen and oxygen atoms in total. The summed E-state index contributed by atoms with van der Waals surface area (Å²) < 4.78 is 17.1. The summed E-state index contributed by atoms with van der Waals surface area (Å²) in [6.45, 7) is 12.3. The minimum absolute atomic E-state index is 0.194. The number of hydrogen-bond donors (Lipinski definition) is 0. The molecule has 0 aromatic heterocycles. The van der Waals surface area contributed by atoms with Crippen LogP contribution in [0.2, 0.25) is 0 Å². The van der Waals surface area contributed by atoms with Gasteiger partial charge in [0.2, 0.25) is 0 Å². The molecule has 34 heavy (non-hydrogen) atoms. The number of rotatable bonds is 7. The van der Waals surface area contributed by atoms with Crippen LogP contribution in [-0.2, 0) is 9.30 Å². The molecular weight excluding hydrogens is 486 g/mol. The van der Waals surface area contributed by atoms with Crippen molar-refractivity contribution in [3.05, 3.63) is 11.6 Å². The lowest BCUT2D eigenvalue weighted by atomic mass is 9.47. The molecule has 0 saturated heterocycles. The zero-order valence-corrected chi connectivity index (χ0v) is 24.2. The lowest BCUT2D eigenvalue weighted by molar-refractivity contribution is -0.0573. The minimum Gasteiger partial charge on any atom is -0.455 e. The second kappa shape index (κ2) is 10.1. The van der Waals surface area contributed by atoms with Gasteiger partial charge < -0.3 is 4.74 Å². The normalized spacial score (nSPS) is 40.7. The molecule has 4 rings (SSSR count). The first-order chi connectivity index (χ1) is 15.9. The van der Waals surface area contributed by atoms with Crippen molar-refractivity contribution in [1.29, 1.82) is 0 Å². The average Bonchev–Trinajstić information content (AvgIpc) is 3.10. The molecular formula is C28H45Cl2O3P. The first kappa shape index (κ1) is 27.1. The van der Waals surface area contributed by atoms with Crippen LogP contribution in [0.1, 0.15) is 105 Å². The zero-order valence-electron chi connectivity index (χ0n) is 21.8. The molecule has 0 spiro atoms. The quantitative estimate of drug-likeness (QED) is 0.242. The smallest absolute Gasteiger partial charge is 0.395 e. The van der Waals surface area contributed by atoms with E-state index in [1.807, 2.05) is 0 Å². The molecule has 3 fully saturated rings. The minimum atomic E-state index is -3.88. The number of halogens is 2. The van der Waals surface area contributed by atoms with Crippen LogP contribution in [0, 0.1) is 46.3 Å². The van der Waals surface area contributed by atoms with Crippen molar-refractivity contribution in [1.82, 2.24) is 0 Å². The van der Waals surface area contributed by atoms with Crippen LogP contribution in [0.15, 0.2) is 11.6 Å². The van der Waals surface area contributed by atoms with E-state index in [-0.39, 0.29) is 11.5 Å². The van der Waals surface area contributed by atoms with Crippen molar-refractivity contribution in [2.24, 2.45) is 46.3 Å². The molecule has 0 N–H and O–H groups in total. The molecule has 4 aliphatic rings. The van der Waals surface area contributed by atoms with Gasteiger partial charge in [0, 0.05) is 6.42 Å². The predicted molar refractivity (Wildman–Crippen MR) is 143 cm³/mol. The van der Waals surface area contributed by atoms with Crippen molar-refractivity contribution < 1.29 is 14.1 Å². The van der Waals surface area contributed by atoms with Gasteiger partial charge in [0.25, 0.3) is 0 Å². The van der Waals surface area contributed by atoms with Gasteiger partial charge >= 0.3 is 11.6 Å². The third-order valence-corrected chi connectivity index (χ3v) is 12.1. The molecule has 0 radical (unpaired) electrons. The van der Waals surface area contributed by atoms with E-state index in [1.54, 1.807) is 0 Å². The Labute approximate surface area is 217 Å². The lowest BCUT2D eigenvalue weighted by Gasteiger charge is -2.58. The topological polar surface area (TPSA) is 43.4 Å². The van der Waals surface area contributed by atoms with Gasteiger partial charge in [-0.2, -0.15) is 0 Å². The summed E-state index contributed by atoms with van der Waals surface area (Å²) in [6, 6.07) is 0. The Hall–Kier alpha value is 0.0200. The highest BCUT2D eigenvalue weighted by molar-refractivity contribution is 8.18. The van der Waals surface area contributed by atoms with Gasteiger partial charge in [0.15, 0.2) is 0 Å². The summed E-state index contributed by atoms with van der Waals surface area (Å²) in [5, 5.41) is 0. The van der Waals surface area contributed by atoms with E-state index < -0.39 is 11.6 Å². The number of ether oxygens (including phenoxy) is 1. The fourth-order valence-corrected chi connectivity index (χ4v) is 9.47. The van der Waals surface area contributed by atoms with E-state index in [2.05, 4.69) is 40.7 Å². The maximum absolute atomic E-state index is 12.0. The van der Waals surface area contributed by atoms with Crippen molar-refractivity contribution in [3.63, 3.8) is 0 Å². The van der Waals surface area contributed by atoms with Crippen LogP contribution in [0.25, 0.3) is 0 Å². The van der Waals surface area contributed by atoms with Gasteiger partial charge in [0.1, 0.15) is 6.10 Å². The van der Waals surface area contributed by atoms with Crippen LogP contribution in [-0.4, -0.2) is 11.8 Å². The second-order valence-corrected chi connectivity index (χ2v) is 17.7. The molecule has 0 aromatic rings. The summed E-state index contributed by atoms with van der Waals surface area (Å²) in [4.78, 5) is 12.0. The Morgan fingerprint density at radius 2 is 1.82 bits per heavy atom. The number of carbonyl (C=O) groups is 1. The van der Waals surface area contributed by atoms with Crippen molar-refractivity contribution in [3.8, 4) is 0 Å². The van der Waals surface area contributed by atoms with Gasteiger partial charge in [0.05, 0.1) is 0 Å². The Bertz CT molecular complexity index is 851. The van der Waals surface area contributed by atoms with E-state index in [0.29, 0.717) is 5.41 Å². The summed E-state index contributed by atoms with van der Waals surface area (Å²) in [6.07, 6.45) is 15.6. The highest BCUT2D eigenvalue weighted by Crippen LogP contribution is 2.67. The van der Waals surface area contributed by atoms with Crippen molar-refractivity contribution in [2.75, 3.05) is 0 Å². The summed E-state index contributed by atoms with van der Waals surface area (Å²) >= 11 is 11.1. The molecule has 3 saturated carbocycles. The fraction of sp³-hybridized carbons (Fsp3) is 0.893. The molecule has 194 valence electrons. The molecule has 4 aliphatic carbocycles. The van der Waals surface area contributed by atoms with Crippen molar-refractivity contribution in [2.45, 2.75) is 111 Å². The largest absolute Gasteiger partial charge is 0.455 e. The third kappa shape index (κ3) is 5.06. The Morgan fingerprint density at radius 3 is 2.50 bits per heavy atom. The van der Waals surface area contributed by atoms with E-state index in [0.717, 1.165) is 61.2 Å². The van der Waals surface area contributed by atoms with Crippen LogP contribution >= 0.6 is 28.3 Å². The number of hydrogen-bond acceptors (Lipinski definition) is 3. The van der Waals surface area contributed by atoms with Gasteiger partial charge in [-0.15, -0.1) is 0 Å². The maximum atomic E-state index is 12.0. The Kier molecular flexibility index (Phi) is 8.01. The van der Waals surface area contributed by atoms with E-state index in [1.165, 1.54) is 50.5 Å². The average molecular weight is 532 g/mol. The van der Waals surface area contributed by atoms with Crippen LogP contribution in [0.5, 0.6) is 0 Å². The summed E-state index contributed by atoms with van der Waals surface area (Å²) in [5.41, 5.74) is 1.18. The molecule has 0 unspecified atom stereocenters. The SMILES string of the molecule is CC(C)CCC[C@@H](C)[C@H]1CC[C@H]2[C@@H]3CC=C4C[C@@H](OC(=O)P(=O)(Cl)Cl)CC[C@]4(C)[C@H]3CC[C@]12C. The first-order valence-corrected chi connectivity index (χ1v) is 17.3. The summed E-state index contributed by atoms with van der Waals surface area (Å²) in [5.74, 6) is 0.987. The van der Waals surface area contributed by atoms with E-state index in [9.17, 15) is 9.36 Å². The summed E-state index contributed by atoms with van der Waals surface area (Å²) in [7, 11) is 0. The molecule has 0 aliphatic heterocycles. The predicted octanol–water partition coefficient (Wildman–Crippen LogP) is 10.2. The van der Waals surface area contributed by atoms with Gasteiger partial charge in [-0.25, -0.2) is 4.79 Å². The van der Waals surface area contributed by atoms with Crippen LogP contribution < -0.4 is 0 Å². The standard InChI is InChI=1S/C28H45Cl2O3P/c1-18(2)7-6-8-19(3)23-11-12-24-22-10-9-20-17-21(33-26(31)34(29,30)32)13-15-27(20,4)25(22)14-16-28(23,24)5/h9,18-19,21-25H,6-8,10-17H2,1-5H3/t19-,21+,22+,23-,24+,25+,27+,28-/m1/s1. The second-order valence-electron chi connectivity index (χ2n) is 13.0. The Morgan fingerprint density at radius 1 is 1.09 bits per heavy atom. The molecule has 0 heterocycles. The molecule has 0 bridgehead atoms. The zero-order chi connectivity index (χ0) is 24.9. The highest BCUT2D eigenvalue weighted by atomic mass is 35.9. The third-order valence-electron chi connectivity index (χ3n) is 10.7. The number of allylic oxidation sites excluding steroid dienone is 1. The maximum Gasteiger partial charge on any atom is 0.395 e. The number of fused-ring (bicyclic) bond motifs is 5. The van der Waals surface area contributed by atoms with Gasteiger partial charge in [-0.3, -0.25) is 4.57 Å². The molecule has 6 heteroatoms. The number of carbonyl (C=O) groups excluding carboxylic acids is 1. The van der Waals surface area contributed by atoms with Crippen LogP contribution in [0.4, 0.5) is 4.79 Å². The lowest BCUT2D eigenvalue weighted by Crippen LogP contribution is -2.51. The van der Waals surface area contributed by atoms with Crippen LogP contribution in [0.3, 0.4) is 0 Å². The van der Waals surface area contributed by atoms with Gasteiger partial charge in [-0.1, -0.05) is 65.5 Å². The Balaban J connectivity index is 1.45. The molecule has 0 aromatic carbocycles. The van der Waals surface area contributed by atoms with Crippen molar-refractivity contribution >= 4 is 34.0 Å². The van der Waals surface area contributed by atoms with Gasteiger partial charge in [-0.05, 0) is 114 Å². The van der Waals surface area contributed by atoms with E-state index >= 15 is 0 Å².